The summed E-state index contributed by atoms with van der Waals surface area (Å²) in [5, 5.41) is 11.3. The Morgan fingerprint density at radius 1 is 1.16 bits per heavy atom. The number of carbonyl (C=O) groups is 1. The maximum Gasteiger partial charge on any atom is 0.347 e. The van der Waals surface area contributed by atoms with Gasteiger partial charge in [0, 0.05) is 16.1 Å². The molecule has 1 aliphatic rings. The molecule has 0 spiro atoms. The lowest BCUT2D eigenvalue weighted by Gasteiger charge is -2.22. The molecule has 2 aromatic rings. The summed E-state index contributed by atoms with van der Waals surface area (Å²) >= 11 is 5.98. The third kappa shape index (κ3) is 1.52. The van der Waals surface area contributed by atoms with Gasteiger partial charge in [-0.25, -0.2) is 4.79 Å². The SMILES string of the molecule is COC(=O)[C@]1(O)c2ccccc2-c2ccc(Cl)cc21. The van der Waals surface area contributed by atoms with Crippen LogP contribution >= 0.6 is 11.6 Å². The van der Waals surface area contributed by atoms with E-state index in [0.717, 1.165) is 11.1 Å². The van der Waals surface area contributed by atoms with Crippen LogP contribution < -0.4 is 0 Å². The van der Waals surface area contributed by atoms with Gasteiger partial charge in [0.1, 0.15) is 0 Å². The number of carbonyl (C=O) groups excluding carboxylic acids is 1. The number of methoxy groups -OCH3 is 1. The molecular weight excluding hydrogens is 264 g/mol. The fraction of sp³-hybridized carbons (Fsp3) is 0.133. The smallest absolute Gasteiger partial charge is 0.347 e. The molecule has 0 saturated carbocycles. The van der Waals surface area contributed by atoms with Crippen molar-refractivity contribution in [1.82, 2.24) is 0 Å². The summed E-state index contributed by atoms with van der Waals surface area (Å²) in [6, 6.07) is 12.4. The molecule has 3 rings (SSSR count). The molecule has 1 aliphatic carbocycles. The Kier molecular flexibility index (Phi) is 2.62. The van der Waals surface area contributed by atoms with Crippen molar-refractivity contribution >= 4 is 17.6 Å². The van der Waals surface area contributed by atoms with E-state index in [1.54, 1.807) is 30.3 Å². The molecule has 0 bridgehead atoms. The number of aliphatic hydroxyl groups is 1. The minimum Gasteiger partial charge on any atom is -0.466 e. The lowest BCUT2D eigenvalue weighted by Crippen LogP contribution is -2.36. The highest BCUT2D eigenvalue weighted by atomic mass is 35.5. The second-order valence-corrected chi connectivity index (χ2v) is 4.87. The number of fused-ring (bicyclic) bond motifs is 3. The normalized spacial score (nSPS) is 19.7. The van der Waals surface area contributed by atoms with E-state index < -0.39 is 11.6 Å². The van der Waals surface area contributed by atoms with Crippen LogP contribution in [0.2, 0.25) is 5.02 Å². The van der Waals surface area contributed by atoms with E-state index in [-0.39, 0.29) is 0 Å². The number of esters is 1. The van der Waals surface area contributed by atoms with Gasteiger partial charge in [0.05, 0.1) is 7.11 Å². The van der Waals surface area contributed by atoms with Crippen LogP contribution in [-0.2, 0) is 15.1 Å². The van der Waals surface area contributed by atoms with Gasteiger partial charge >= 0.3 is 5.97 Å². The van der Waals surface area contributed by atoms with E-state index in [1.165, 1.54) is 7.11 Å². The highest BCUT2D eigenvalue weighted by Crippen LogP contribution is 2.48. The molecule has 1 N–H and O–H groups in total. The predicted molar refractivity (Wildman–Crippen MR) is 71.9 cm³/mol. The molecule has 0 amide bonds. The Morgan fingerprint density at radius 3 is 2.58 bits per heavy atom. The van der Waals surface area contributed by atoms with Crippen molar-refractivity contribution in [2.75, 3.05) is 7.11 Å². The summed E-state index contributed by atoms with van der Waals surface area (Å²) in [4.78, 5) is 12.1. The highest BCUT2D eigenvalue weighted by Gasteiger charge is 2.48. The van der Waals surface area contributed by atoms with Gasteiger partial charge in [0.25, 0.3) is 0 Å². The van der Waals surface area contributed by atoms with Crippen molar-refractivity contribution in [3.63, 3.8) is 0 Å². The van der Waals surface area contributed by atoms with Crippen LogP contribution in [0.25, 0.3) is 11.1 Å². The first-order valence-corrected chi connectivity index (χ1v) is 6.17. The van der Waals surface area contributed by atoms with Gasteiger partial charge in [0.15, 0.2) is 0 Å². The lowest BCUT2D eigenvalue weighted by molar-refractivity contribution is -0.158. The maximum atomic E-state index is 12.1. The standard InChI is InChI=1S/C15H11ClO3/c1-19-14(17)15(18)12-5-3-2-4-10(12)11-7-6-9(16)8-13(11)15/h2-8,18H,1H3/t15-/m0/s1. The quantitative estimate of drug-likeness (QED) is 0.814. The number of hydrogen-bond acceptors (Lipinski definition) is 3. The summed E-state index contributed by atoms with van der Waals surface area (Å²) in [5.41, 5.74) is 0.827. The fourth-order valence-electron chi connectivity index (χ4n) is 2.60. The average Bonchev–Trinajstić information content (AvgIpc) is 2.69. The van der Waals surface area contributed by atoms with Crippen molar-refractivity contribution in [1.29, 1.82) is 0 Å². The molecule has 3 nitrogen and oxygen atoms in total. The maximum absolute atomic E-state index is 12.1. The van der Waals surface area contributed by atoms with Crippen molar-refractivity contribution in [3.8, 4) is 11.1 Å². The van der Waals surface area contributed by atoms with Crippen molar-refractivity contribution in [2.45, 2.75) is 5.60 Å². The van der Waals surface area contributed by atoms with Crippen LogP contribution in [0, 0.1) is 0 Å². The summed E-state index contributed by atoms with van der Waals surface area (Å²) in [7, 11) is 1.26. The minimum absolute atomic E-state index is 0.466. The Bertz CT molecular complexity index is 681. The molecule has 0 unspecified atom stereocenters. The molecule has 19 heavy (non-hydrogen) atoms. The zero-order valence-corrected chi connectivity index (χ0v) is 10.9. The fourth-order valence-corrected chi connectivity index (χ4v) is 2.77. The van der Waals surface area contributed by atoms with Crippen molar-refractivity contribution in [2.24, 2.45) is 0 Å². The van der Waals surface area contributed by atoms with Gasteiger partial charge in [-0.2, -0.15) is 0 Å². The molecule has 1 atom stereocenters. The van der Waals surface area contributed by atoms with E-state index in [0.29, 0.717) is 16.1 Å². The summed E-state index contributed by atoms with van der Waals surface area (Å²) in [5.74, 6) is -0.707. The van der Waals surface area contributed by atoms with Crippen LogP contribution in [0.4, 0.5) is 0 Å². The van der Waals surface area contributed by atoms with Crippen LogP contribution in [0.1, 0.15) is 11.1 Å². The number of benzene rings is 2. The molecule has 96 valence electrons. The van der Waals surface area contributed by atoms with Gasteiger partial charge < -0.3 is 9.84 Å². The highest BCUT2D eigenvalue weighted by molar-refractivity contribution is 6.30. The summed E-state index contributed by atoms with van der Waals surface area (Å²) in [6.45, 7) is 0. The summed E-state index contributed by atoms with van der Waals surface area (Å²) < 4.78 is 4.76. The third-order valence-electron chi connectivity index (χ3n) is 3.46. The van der Waals surface area contributed by atoms with Gasteiger partial charge in [0.2, 0.25) is 5.60 Å². The van der Waals surface area contributed by atoms with Gasteiger partial charge in [-0.3, -0.25) is 0 Å². The molecule has 0 radical (unpaired) electrons. The number of halogens is 1. The Labute approximate surface area is 115 Å². The number of hydrogen-bond donors (Lipinski definition) is 1. The zero-order chi connectivity index (χ0) is 13.6. The van der Waals surface area contributed by atoms with Crippen LogP contribution in [-0.4, -0.2) is 18.2 Å². The monoisotopic (exact) mass is 274 g/mol. The van der Waals surface area contributed by atoms with Crippen molar-refractivity contribution < 1.29 is 14.6 Å². The Balaban J connectivity index is 2.38. The number of rotatable bonds is 1. The van der Waals surface area contributed by atoms with E-state index >= 15 is 0 Å². The van der Waals surface area contributed by atoms with Crippen LogP contribution in [0.5, 0.6) is 0 Å². The molecule has 0 heterocycles. The topological polar surface area (TPSA) is 46.5 Å². The first-order valence-electron chi connectivity index (χ1n) is 5.79. The van der Waals surface area contributed by atoms with Crippen LogP contribution in [0.15, 0.2) is 42.5 Å². The van der Waals surface area contributed by atoms with E-state index in [4.69, 9.17) is 16.3 Å². The first-order chi connectivity index (χ1) is 9.09. The largest absolute Gasteiger partial charge is 0.466 e. The van der Waals surface area contributed by atoms with E-state index in [1.807, 2.05) is 12.1 Å². The van der Waals surface area contributed by atoms with Crippen LogP contribution in [0.3, 0.4) is 0 Å². The molecule has 0 aromatic heterocycles. The molecule has 0 fully saturated rings. The number of ether oxygens (including phenoxy) is 1. The average molecular weight is 275 g/mol. The van der Waals surface area contributed by atoms with E-state index in [9.17, 15) is 9.90 Å². The van der Waals surface area contributed by atoms with Gasteiger partial charge in [-0.15, -0.1) is 0 Å². The summed E-state index contributed by atoms with van der Waals surface area (Å²) in [6.07, 6.45) is 0. The second-order valence-electron chi connectivity index (χ2n) is 4.44. The third-order valence-corrected chi connectivity index (χ3v) is 3.69. The second kappa shape index (κ2) is 4.08. The first kappa shape index (κ1) is 12.2. The Morgan fingerprint density at radius 2 is 1.84 bits per heavy atom. The Hall–Kier alpha value is -1.84. The molecule has 0 aliphatic heterocycles. The van der Waals surface area contributed by atoms with Gasteiger partial charge in [-0.05, 0) is 23.3 Å². The van der Waals surface area contributed by atoms with Gasteiger partial charge in [-0.1, -0.05) is 41.9 Å². The molecule has 2 aromatic carbocycles. The van der Waals surface area contributed by atoms with Crippen molar-refractivity contribution in [3.05, 3.63) is 58.6 Å². The molecule has 0 saturated heterocycles. The molecular formula is C15H11ClO3. The minimum atomic E-state index is -1.79. The van der Waals surface area contributed by atoms with E-state index in [2.05, 4.69) is 0 Å². The zero-order valence-electron chi connectivity index (χ0n) is 10.2. The molecule has 4 heteroatoms. The lowest BCUT2D eigenvalue weighted by atomic mass is 9.91. The predicted octanol–water partition coefficient (Wildman–Crippen LogP) is 2.73.